The van der Waals surface area contributed by atoms with Crippen LogP contribution in [0.25, 0.3) is 22.6 Å². The monoisotopic (exact) mass is 424 g/mol. The average Bonchev–Trinajstić information content (AvgIpc) is 3.61. The second-order valence-corrected chi connectivity index (χ2v) is 8.34. The Morgan fingerprint density at radius 3 is 2.66 bits per heavy atom. The number of aromatic nitrogens is 7. The molecule has 8 nitrogen and oxygen atoms in total. The number of pyridine rings is 2. The first-order valence-corrected chi connectivity index (χ1v) is 11.0. The van der Waals surface area contributed by atoms with E-state index in [2.05, 4.69) is 55.2 Å². The first kappa shape index (κ1) is 18.9. The molecule has 5 aromatic heterocycles. The third-order valence-corrected chi connectivity index (χ3v) is 5.95. The van der Waals surface area contributed by atoms with Crippen molar-refractivity contribution in [2.75, 3.05) is 13.1 Å². The van der Waals surface area contributed by atoms with Gasteiger partial charge in [-0.1, -0.05) is 11.3 Å². The highest BCUT2D eigenvalue weighted by Crippen LogP contribution is 2.19. The molecule has 0 unspecified atom stereocenters. The van der Waals surface area contributed by atoms with Gasteiger partial charge in [-0.2, -0.15) is 0 Å². The third-order valence-electron chi connectivity index (χ3n) is 5.95. The zero-order valence-corrected chi connectivity index (χ0v) is 17.7. The van der Waals surface area contributed by atoms with Gasteiger partial charge in [0.1, 0.15) is 11.3 Å². The van der Waals surface area contributed by atoms with Crippen molar-refractivity contribution in [1.29, 1.82) is 0 Å². The van der Waals surface area contributed by atoms with E-state index in [-0.39, 0.29) is 0 Å². The SMILES string of the molecule is c1ccn(-c2cncc(-c3cn(Cc4cn5cc(CN6CCCC6)ccc5n4)nn3)c2)c1. The van der Waals surface area contributed by atoms with Gasteiger partial charge >= 0.3 is 0 Å². The van der Waals surface area contributed by atoms with Gasteiger partial charge < -0.3 is 8.97 Å². The number of rotatable bonds is 6. The minimum atomic E-state index is 0.570. The average molecular weight is 425 g/mol. The lowest BCUT2D eigenvalue weighted by molar-refractivity contribution is 0.331. The van der Waals surface area contributed by atoms with Crippen molar-refractivity contribution in [2.45, 2.75) is 25.9 Å². The molecule has 0 N–H and O–H groups in total. The van der Waals surface area contributed by atoms with E-state index in [1.165, 1.54) is 31.5 Å². The van der Waals surface area contributed by atoms with Crippen LogP contribution in [0.4, 0.5) is 0 Å². The summed E-state index contributed by atoms with van der Waals surface area (Å²) >= 11 is 0. The molecule has 8 heteroatoms. The maximum absolute atomic E-state index is 4.76. The lowest BCUT2D eigenvalue weighted by Crippen LogP contribution is -2.18. The van der Waals surface area contributed by atoms with Crippen molar-refractivity contribution in [2.24, 2.45) is 0 Å². The summed E-state index contributed by atoms with van der Waals surface area (Å²) in [6, 6.07) is 10.3. The van der Waals surface area contributed by atoms with Crippen molar-refractivity contribution in [3.8, 4) is 16.9 Å². The first-order chi connectivity index (χ1) is 15.8. The molecule has 0 aromatic carbocycles. The van der Waals surface area contributed by atoms with Crippen LogP contribution >= 0.6 is 0 Å². The van der Waals surface area contributed by atoms with E-state index >= 15 is 0 Å². The van der Waals surface area contributed by atoms with E-state index in [1.807, 2.05) is 52.4 Å². The Bertz CT molecular complexity index is 1340. The normalized spacial score (nSPS) is 14.5. The van der Waals surface area contributed by atoms with Crippen molar-refractivity contribution in [1.82, 2.24) is 38.8 Å². The maximum Gasteiger partial charge on any atom is 0.137 e. The molecule has 160 valence electrons. The molecule has 6 heterocycles. The Morgan fingerprint density at radius 1 is 0.906 bits per heavy atom. The molecule has 1 aliphatic heterocycles. The molecule has 0 bridgehead atoms. The minimum Gasteiger partial charge on any atom is -0.322 e. The topological polar surface area (TPSA) is 69.1 Å². The lowest BCUT2D eigenvalue weighted by atomic mass is 10.2. The van der Waals surface area contributed by atoms with Crippen molar-refractivity contribution < 1.29 is 0 Å². The molecular weight excluding hydrogens is 400 g/mol. The predicted molar refractivity (Wildman–Crippen MR) is 121 cm³/mol. The Kier molecular flexibility index (Phi) is 4.77. The van der Waals surface area contributed by atoms with E-state index < -0.39 is 0 Å². The quantitative estimate of drug-likeness (QED) is 0.418. The van der Waals surface area contributed by atoms with E-state index in [4.69, 9.17) is 4.98 Å². The standard InChI is InChI=1S/C24H24N8/c1-2-8-29(7-1)14-19-5-6-24-26-21(16-31(24)15-19)17-32-18-23(27-28-32)20-11-22(13-25-12-20)30-9-3-4-10-30/h3-6,9-13,15-16,18H,1-2,7-8,14,17H2. The zero-order chi connectivity index (χ0) is 21.3. The van der Waals surface area contributed by atoms with Crippen molar-refractivity contribution in [3.05, 3.63) is 85.0 Å². The molecule has 32 heavy (non-hydrogen) atoms. The first-order valence-electron chi connectivity index (χ1n) is 11.0. The van der Waals surface area contributed by atoms with Crippen molar-refractivity contribution in [3.63, 3.8) is 0 Å². The summed E-state index contributed by atoms with van der Waals surface area (Å²) in [4.78, 5) is 11.6. The Hall–Kier alpha value is -3.78. The van der Waals surface area contributed by atoms with Gasteiger partial charge in [-0.25, -0.2) is 9.67 Å². The van der Waals surface area contributed by atoms with Crippen LogP contribution in [0.3, 0.4) is 0 Å². The highest BCUT2D eigenvalue weighted by molar-refractivity contribution is 5.59. The summed E-state index contributed by atoms with van der Waals surface area (Å²) < 4.78 is 5.96. The number of fused-ring (bicyclic) bond motifs is 1. The molecule has 0 atom stereocenters. The lowest BCUT2D eigenvalue weighted by Gasteiger charge is -2.14. The van der Waals surface area contributed by atoms with Gasteiger partial charge in [0.2, 0.25) is 0 Å². The number of hydrogen-bond acceptors (Lipinski definition) is 5. The fourth-order valence-corrected chi connectivity index (χ4v) is 4.35. The van der Waals surface area contributed by atoms with Gasteiger partial charge in [-0.15, -0.1) is 5.10 Å². The van der Waals surface area contributed by atoms with E-state index in [1.54, 1.807) is 0 Å². The van der Waals surface area contributed by atoms with Gasteiger partial charge in [0.15, 0.2) is 0 Å². The van der Waals surface area contributed by atoms with Gasteiger partial charge in [0.25, 0.3) is 0 Å². The molecule has 1 fully saturated rings. The zero-order valence-electron chi connectivity index (χ0n) is 17.7. The van der Waals surface area contributed by atoms with Crippen LogP contribution in [0.2, 0.25) is 0 Å². The molecule has 1 aliphatic rings. The largest absolute Gasteiger partial charge is 0.322 e. The Labute approximate surface area is 185 Å². The molecule has 0 spiro atoms. The van der Waals surface area contributed by atoms with E-state index in [9.17, 15) is 0 Å². The highest BCUT2D eigenvalue weighted by atomic mass is 15.4. The molecule has 5 aromatic rings. The summed E-state index contributed by atoms with van der Waals surface area (Å²) in [6.45, 7) is 3.98. The smallest absolute Gasteiger partial charge is 0.137 e. The van der Waals surface area contributed by atoms with Crippen LogP contribution in [-0.4, -0.2) is 51.9 Å². The van der Waals surface area contributed by atoms with Gasteiger partial charge in [-0.05, 0) is 55.8 Å². The fraction of sp³-hybridized carbons (Fsp3) is 0.250. The maximum atomic E-state index is 4.76. The predicted octanol–water partition coefficient (Wildman–Crippen LogP) is 3.42. The van der Waals surface area contributed by atoms with Gasteiger partial charge in [-0.3, -0.25) is 9.88 Å². The number of hydrogen-bond donors (Lipinski definition) is 0. The molecule has 1 saturated heterocycles. The van der Waals surface area contributed by atoms with Crippen LogP contribution in [-0.2, 0) is 13.1 Å². The molecule has 0 radical (unpaired) electrons. The summed E-state index contributed by atoms with van der Waals surface area (Å²) in [5, 5.41) is 8.67. The van der Waals surface area contributed by atoms with Crippen LogP contribution in [0.15, 0.2) is 73.7 Å². The molecule has 6 rings (SSSR count). The summed E-state index contributed by atoms with van der Waals surface area (Å²) in [5.41, 5.74) is 5.95. The Balaban J connectivity index is 1.20. The van der Waals surface area contributed by atoms with E-state index in [0.29, 0.717) is 6.54 Å². The number of imidazole rings is 1. The van der Waals surface area contributed by atoms with Crippen LogP contribution in [0.1, 0.15) is 24.1 Å². The Morgan fingerprint density at radius 2 is 1.78 bits per heavy atom. The van der Waals surface area contributed by atoms with E-state index in [0.717, 1.165) is 34.8 Å². The van der Waals surface area contributed by atoms with Crippen LogP contribution in [0, 0.1) is 0 Å². The molecule has 0 aliphatic carbocycles. The van der Waals surface area contributed by atoms with Crippen molar-refractivity contribution >= 4 is 5.65 Å². The van der Waals surface area contributed by atoms with Gasteiger partial charge in [0.05, 0.1) is 30.3 Å². The second kappa shape index (κ2) is 8.05. The minimum absolute atomic E-state index is 0.570. The van der Waals surface area contributed by atoms with Crippen LogP contribution in [0.5, 0.6) is 0 Å². The van der Waals surface area contributed by atoms with Gasteiger partial charge in [0, 0.05) is 43.1 Å². The highest BCUT2D eigenvalue weighted by Gasteiger charge is 2.13. The fourth-order valence-electron chi connectivity index (χ4n) is 4.35. The van der Waals surface area contributed by atoms with Crippen LogP contribution < -0.4 is 0 Å². The third kappa shape index (κ3) is 3.80. The summed E-state index contributed by atoms with van der Waals surface area (Å²) in [5.74, 6) is 0. The molecule has 0 amide bonds. The summed E-state index contributed by atoms with van der Waals surface area (Å²) in [7, 11) is 0. The molecular formula is C24H24N8. The molecule has 0 saturated carbocycles. The number of nitrogens with zero attached hydrogens (tertiary/aromatic N) is 8. The summed E-state index contributed by atoms with van der Waals surface area (Å²) in [6.07, 6.45) is 16.5. The number of likely N-dealkylation sites (tertiary alicyclic amines) is 1. The second-order valence-electron chi connectivity index (χ2n) is 8.34.